The van der Waals surface area contributed by atoms with Crippen LogP contribution in [-0.2, 0) is 5.41 Å². The summed E-state index contributed by atoms with van der Waals surface area (Å²) in [6.07, 6.45) is 3.79. The van der Waals surface area contributed by atoms with E-state index in [1.807, 2.05) is 42.7 Å². The second kappa shape index (κ2) is 13.7. The summed E-state index contributed by atoms with van der Waals surface area (Å²) >= 11 is 0. The van der Waals surface area contributed by atoms with Gasteiger partial charge in [0.25, 0.3) is 0 Å². The van der Waals surface area contributed by atoms with Gasteiger partial charge in [-0.2, -0.15) is 5.26 Å². The molecule has 0 aliphatic heterocycles. The van der Waals surface area contributed by atoms with Crippen molar-refractivity contribution in [1.29, 1.82) is 5.26 Å². The molecule has 2 aromatic heterocycles. The number of hydrogen-bond acceptors (Lipinski definition) is 4. The highest BCUT2D eigenvalue weighted by Gasteiger charge is 2.36. The molecule has 268 valence electrons. The number of nitrogens with zero attached hydrogens (tertiary/aromatic N) is 4. The van der Waals surface area contributed by atoms with Crippen LogP contribution < -0.4 is 0 Å². The quantitative estimate of drug-likeness (QED) is 0.171. The molecule has 0 radical (unpaired) electrons. The number of aromatic nitrogens is 3. The normalized spacial score (nSPS) is 12.5. The Bertz CT molecular complexity index is 3030. The van der Waals surface area contributed by atoms with Crippen LogP contribution in [0, 0.1) is 11.3 Å². The summed E-state index contributed by atoms with van der Waals surface area (Å²) in [4.78, 5) is 14.8. The van der Waals surface area contributed by atoms with Crippen LogP contribution in [0.3, 0.4) is 0 Å². The molecule has 0 N–H and O–H groups in total. The molecule has 0 amide bonds. The van der Waals surface area contributed by atoms with E-state index in [0.29, 0.717) is 11.4 Å². The Morgan fingerprint density at radius 1 is 0.456 bits per heavy atom. The van der Waals surface area contributed by atoms with E-state index in [1.165, 1.54) is 27.8 Å². The van der Waals surface area contributed by atoms with Crippen LogP contribution >= 0.6 is 0 Å². The maximum atomic E-state index is 9.71. The minimum atomic E-state index is -0.265. The molecule has 9 aromatic rings. The zero-order valence-electron chi connectivity index (χ0n) is 31.6. The second-order valence-electron chi connectivity index (χ2n) is 15.2. The SMILES string of the molecule is CC1(C)c2cc(C#N)ccc2-c2ccc(-c3cc(-c4cc(-c5ccc(-c6ccccc6)cc5)nc(-c5ccccc5)n4)cc(-c4cccc5cnccc45)c3)cc21. The number of rotatable bonds is 6. The van der Waals surface area contributed by atoms with Gasteiger partial charge in [-0.3, -0.25) is 4.98 Å². The van der Waals surface area contributed by atoms with Crippen LogP contribution in [-0.4, -0.2) is 15.0 Å². The lowest BCUT2D eigenvalue weighted by Crippen LogP contribution is -2.15. The molecule has 0 unspecified atom stereocenters. The highest BCUT2D eigenvalue weighted by Crippen LogP contribution is 2.50. The van der Waals surface area contributed by atoms with Crippen molar-refractivity contribution in [3.8, 4) is 84.5 Å². The maximum absolute atomic E-state index is 9.71. The third-order valence-electron chi connectivity index (χ3n) is 11.4. The summed E-state index contributed by atoms with van der Waals surface area (Å²) in [6, 6.07) is 61.9. The third-order valence-corrected chi connectivity index (χ3v) is 11.4. The first-order valence-corrected chi connectivity index (χ1v) is 19.2. The second-order valence-corrected chi connectivity index (χ2v) is 15.2. The first-order valence-electron chi connectivity index (χ1n) is 19.2. The predicted octanol–water partition coefficient (Wildman–Crippen LogP) is 13.2. The highest BCUT2D eigenvalue weighted by molar-refractivity contribution is 5.98. The highest BCUT2D eigenvalue weighted by atomic mass is 14.9. The monoisotopic (exact) mass is 728 g/mol. The standard InChI is InChI=1S/C53H36N4/c1-53(2)48-26-34(32-54)16-22-46(48)47-23-21-39(30-49(47)53)41-27-42(44-15-9-14-40-33-55-25-24-45(40)44)29-43(28-41)51-31-50(56-52(57-51)38-12-7-4-8-13-38)37-19-17-36(18-20-37)35-10-5-3-6-11-35/h3-31,33H,1-2H3. The fraction of sp³-hybridized carbons (Fsp3) is 0.0566. The van der Waals surface area contributed by atoms with Gasteiger partial charge in [-0.05, 0) is 110 Å². The summed E-state index contributed by atoms with van der Waals surface area (Å²) in [6.45, 7) is 4.52. The van der Waals surface area contributed by atoms with Crippen LogP contribution in [0.15, 0.2) is 182 Å². The lowest BCUT2D eigenvalue weighted by atomic mass is 9.81. The first-order chi connectivity index (χ1) is 27.9. The average molecular weight is 729 g/mol. The minimum Gasteiger partial charge on any atom is -0.264 e. The summed E-state index contributed by atoms with van der Waals surface area (Å²) in [5.74, 6) is 0.673. The fourth-order valence-corrected chi connectivity index (χ4v) is 8.38. The van der Waals surface area contributed by atoms with E-state index in [4.69, 9.17) is 9.97 Å². The van der Waals surface area contributed by atoms with Gasteiger partial charge in [0.1, 0.15) is 0 Å². The molecule has 57 heavy (non-hydrogen) atoms. The van der Waals surface area contributed by atoms with Crippen LogP contribution in [0.4, 0.5) is 0 Å². The number of nitriles is 1. The molecular weight excluding hydrogens is 693 g/mol. The van der Waals surface area contributed by atoms with Gasteiger partial charge in [0, 0.05) is 39.9 Å². The van der Waals surface area contributed by atoms with Crippen molar-refractivity contribution in [2.75, 3.05) is 0 Å². The molecule has 0 saturated carbocycles. The van der Waals surface area contributed by atoms with Crippen molar-refractivity contribution < 1.29 is 0 Å². The number of benzene rings is 7. The van der Waals surface area contributed by atoms with Crippen molar-refractivity contribution in [2.45, 2.75) is 19.3 Å². The zero-order chi connectivity index (χ0) is 38.5. The van der Waals surface area contributed by atoms with Gasteiger partial charge in [0.15, 0.2) is 5.82 Å². The predicted molar refractivity (Wildman–Crippen MR) is 232 cm³/mol. The molecule has 4 nitrogen and oxygen atoms in total. The van der Waals surface area contributed by atoms with Gasteiger partial charge >= 0.3 is 0 Å². The molecule has 1 aliphatic rings. The van der Waals surface area contributed by atoms with Crippen molar-refractivity contribution >= 4 is 10.8 Å². The van der Waals surface area contributed by atoms with E-state index >= 15 is 0 Å². The summed E-state index contributed by atoms with van der Waals surface area (Å²) in [5.41, 5.74) is 16.7. The summed E-state index contributed by atoms with van der Waals surface area (Å²) in [5, 5.41) is 11.9. The Labute approximate surface area is 332 Å². The van der Waals surface area contributed by atoms with Gasteiger partial charge in [0.2, 0.25) is 0 Å². The molecule has 10 rings (SSSR count). The van der Waals surface area contributed by atoms with Gasteiger partial charge in [-0.15, -0.1) is 0 Å². The summed E-state index contributed by atoms with van der Waals surface area (Å²) < 4.78 is 0. The molecule has 0 fully saturated rings. The number of hydrogen-bond donors (Lipinski definition) is 0. The molecule has 7 aromatic carbocycles. The fourth-order valence-electron chi connectivity index (χ4n) is 8.38. The lowest BCUT2D eigenvalue weighted by Gasteiger charge is -2.22. The molecule has 0 bridgehead atoms. The van der Waals surface area contributed by atoms with Crippen LogP contribution in [0.2, 0.25) is 0 Å². The Balaban J connectivity index is 1.17. The molecule has 2 heterocycles. The Kier molecular flexibility index (Phi) is 8.17. The van der Waals surface area contributed by atoms with Crippen LogP contribution in [0.1, 0.15) is 30.5 Å². The van der Waals surface area contributed by atoms with Gasteiger partial charge in [0.05, 0.1) is 23.0 Å². The molecule has 1 aliphatic carbocycles. The Morgan fingerprint density at radius 2 is 1.07 bits per heavy atom. The third kappa shape index (κ3) is 6.07. The van der Waals surface area contributed by atoms with E-state index in [0.717, 1.165) is 66.7 Å². The molecular formula is C53H36N4. The first kappa shape index (κ1) is 34.0. The van der Waals surface area contributed by atoms with Gasteiger partial charge in [-0.25, -0.2) is 9.97 Å². The lowest BCUT2D eigenvalue weighted by molar-refractivity contribution is 0.660. The van der Waals surface area contributed by atoms with E-state index in [1.54, 1.807) is 0 Å². The zero-order valence-corrected chi connectivity index (χ0v) is 31.6. The van der Waals surface area contributed by atoms with Crippen molar-refractivity contribution in [1.82, 2.24) is 15.0 Å². The largest absolute Gasteiger partial charge is 0.264 e. The van der Waals surface area contributed by atoms with Crippen molar-refractivity contribution in [2.24, 2.45) is 0 Å². The van der Waals surface area contributed by atoms with Crippen LogP contribution in [0.5, 0.6) is 0 Å². The van der Waals surface area contributed by atoms with Crippen molar-refractivity contribution in [3.05, 3.63) is 199 Å². The van der Waals surface area contributed by atoms with E-state index in [9.17, 15) is 5.26 Å². The van der Waals surface area contributed by atoms with Crippen LogP contribution in [0.25, 0.3) is 89.2 Å². The van der Waals surface area contributed by atoms with Gasteiger partial charge < -0.3 is 0 Å². The van der Waals surface area contributed by atoms with Gasteiger partial charge in [-0.1, -0.05) is 135 Å². The Hall–Kier alpha value is -7.48. The molecule has 0 saturated heterocycles. The summed E-state index contributed by atoms with van der Waals surface area (Å²) in [7, 11) is 0. The minimum absolute atomic E-state index is 0.265. The molecule has 0 spiro atoms. The van der Waals surface area contributed by atoms with Crippen molar-refractivity contribution in [3.63, 3.8) is 0 Å². The molecule has 4 heteroatoms. The maximum Gasteiger partial charge on any atom is 0.160 e. The Morgan fingerprint density at radius 3 is 1.82 bits per heavy atom. The smallest absolute Gasteiger partial charge is 0.160 e. The topological polar surface area (TPSA) is 62.5 Å². The van der Waals surface area contributed by atoms with E-state index < -0.39 is 0 Å². The number of pyridine rings is 1. The van der Waals surface area contributed by atoms with E-state index in [-0.39, 0.29) is 5.41 Å². The average Bonchev–Trinajstić information content (AvgIpc) is 3.51. The van der Waals surface area contributed by atoms with E-state index in [2.05, 4.69) is 164 Å². The molecule has 0 atom stereocenters. The number of fused-ring (bicyclic) bond motifs is 4.